The summed E-state index contributed by atoms with van der Waals surface area (Å²) < 4.78 is 27.1. The Labute approximate surface area is 175 Å². The lowest BCUT2D eigenvalue weighted by molar-refractivity contribution is 0.0703. The van der Waals surface area contributed by atoms with Gasteiger partial charge in [-0.3, -0.25) is 9.59 Å². The largest absolute Gasteiger partial charge is 0.338 e. The van der Waals surface area contributed by atoms with Crippen LogP contribution in [0, 0.1) is 11.6 Å². The number of nitrogens with one attached hydrogen (secondary N) is 1. The van der Waals surface area contributed by atoms with Crippen LogP contribution >= 0.6 is 11.3 Å². The number of fused-ring (bicyclic) bond motifs is 3. The maximum Gasteiger partial charge on any atom is 0.259 e. The van der Waals surface area contributed by atoms with Crippen molar-refractivity contribution in [2.24, 2.45) is 0 Å². The first-order chi connectivity index (χ1) is 14.5. The molecule has 1 atom stereocenters. The van der Waals surface area contributed by atoms with Gasteiger partial charge in [-0.25, -0.2) is 13.8 Å². The molecule has 2 aliphatic rings. The van der Waals surface area contributed by atoms with Gasteiger partial charge in [0.15, 0.2) is 0 Å². The van der Waals surface area contributed by atoms with E-state index in [4.69, 9.17) is 4.98 Å². The summed E-state index contributed by atoms with van der Waals surface area (Å²) in [7, 11) is 0. The minimum atomic E-state index is -0.773. The average molecular weight is 429 g/mol. The quantitative estimate of drug-likeness (QED) is 0.665. The first-order valence-corrected chi connectivity index (χ1v) is 11.1. The molecule has 1 N–H and O–H groups in total. The molecule has 5 nitrogen and oxygen atoms in total. The van der Waals surface area contributed by atoms with Gasteiger partial charge in [-0.15, -0.1) is 11.3 Å². The third kappa shape index (κ3) is 3.43. The van der Waals surface area contributed by atoms with Crippen molar-refractivity contribution in [2.75, 3.05) is 13.1 Å². The molecule has 1 aliphatic carbocycles. The summed E-state index contributed by atoms with van der Waals surface area (Å²) in [5, 5.41) is 0.720. The first-order valence-electron chi connectivity index (χ1n) is 10.3. The molecule has 0 spiro atoms. The number of hydrogen-bond acceptors (Lipinski definition) is 4. The highest BCUT2D eigenvalue weighted by molar-refractivity contribution is 7.18. The molecule has 1 unspecified atom stereocenters. The predicted octanol–water partition coefficient (Wildman–Crippen LogP) is 4.16. The molecule has 1 aromatic carbocycles. The maximum absolute atomic E-state index is 13.5. The number of benzene rings is 1. The van der Waals surface area contributed by atoms with Gasteiger partial charge >= 0.3 is 0 Å². The molecule has 2 aromatic heterocycles. The Hall–Kier alpha value is -2.61. The molecule has 30 heavy (non-hydrogen) atoms. The molecule has 1 aliphatic heterocycles. The molecule has 0 radical (unpaired) electrons. The summed E-state index contributed by atoms with van der Waals surface area (Å²) >= 11 is 1.60. The van der Waals surface area contributed by atoms with Gasteiger partial charge in [0, 0.05) is 35.5 Å². The number of aromatic nitrogens is 2. The van der Waals surface area contributed by atoms with Crippen molar-refractivity contribution in [1.82, 2.24) is 14.9 Å². The van der Waals surface area contributed by atoms with E-state index in [1.54, 1.807) is 16.2 Å². The van der Waals surface area contributed by atoms with Crippen molar-refractivity contribution < 1.29 is 13.6 Å². The molecule has 3 heterocycles. The Kier molecular flexibility index (Phi) is 4.89. The molecule has 1 fully saturated rings. The van der Waals surface area contributed by atoms with Crippen molar-refractivity contribution in [3.63, 3.8) is 0 Å². The molecular weight excluding hydrogens is 408 g/mol. The number of aromatic amines is 1. The van der Waals surface area contributed by atoms with Crippen LogP contribution in [0.15, 0.2) is 23.0 Å². The van der Waals surface area contributed by atoms with Gasteiger partial charge in [-0.05, 0) is 56.2 Å². The Morgan fingerprint density at radius 2 is 1.90 bits per heavy atom. The van der Waals surface area contributed by atoms with Crippen LogP contribution in [0.1, 0.15) is 58.2 Å². The molecule has 0 saturated carbocycles. The number of H-pyrrole nitrogens is 1. The molecule has 8 heteroatoms. The minimum Gasteiger partial charge on any atom is -0.338 e. The van der Waals surface area contributed by atoms with Crippen molar-refractivity contribution in [2.45, 2.75) is 44.4 Å². The lowest BCUT2D eigenvalue weighted by Gasteiger charge is -2.32. The number of carbonyl (C=O) groups excluding carboxylic acids is 1. The van der Waals surface area contributed by atoms with E-state index in [0.717, 1.165) is 72.5 Å². The zero-order valence-electron chi connectivity index (χ0n) is 16.3. The fourth-order valence-electron chi connectivity index (χ4n) is 4.62. The normalized spacial score (nSPS) is 19.1. The van der Waals surface area contributed by atoms with Crippen LogP contribution in [0.2, 0.25) is 0 Å². The fourth-order valence-corrected chi connectivity index (χ4v) is 5.89. The van der Waals surface area contributed by atoms with Gasteiger partial charge < -0.3 is 9.88 Å². The van der Waals surface area contributed by atoms with E-state index < -0.39 is 17.5 Å². The number of thiophene rings is 1. The van der Waals surface area contributed by atoms with Crippen LogP contribution < -0.4 is 5.56 Å². The van der Waals surface area contributed by atoms with Crippen molar-refractivity contribution >= 4 is 27.5 Å². The molecule has 0 bridgehead atoms. The summed E-state index contributed by atoms with van der Waals surface area (Å²) in [6.45, 7) is 0.865. The molecule has 1 saturated heterocycles. The summed E-state index contributed by atoms with van der Waals surface area (Å²) in [6, 6.07) is 2.86. The van der Waals surface area contributed by atoms with E-state index >= 15 is 0 Å². The van der Waals surface area contributed by atoms with E-state index in [1.165, 1.54) is 4.88 Å². The van der Waals surface area contributed by atoms with Gasteiger partial charge in [0.25, 0.3) is 11.5 Å². The van der Waals surface area contributed by atoms with Gasteiger partial charge in [-0.2, -0.15) is 0 Å². The van der Waals surface area contributed by atoms with Crippen molar-refractivity contribution in [3.05, 3.63) is 62.0 Å². The SMILES string of the molecule is O=C(c1cc(F)cc(F)c1)N1CCCC(c2nc3sc4c(c3c(=O)[nH]2)CCCC4)C1. The zero-order chi connectivity index (χ0) is 20.8. The van der Waals surface area contributed by atoms with Gasteiger partial charge in [0.2, 0.25) is 0 Å². The number of piperidine rings is 1. The molecular formula is C22H21F2N3O2S. The van der Waals surface area contributed by atoms with Crippen molar-refractivity contribution in [1.29, 1.82) is 0 Å². The number of halogens is 2. The summed E-state index contributed by atoms with van der Waals surface area (Å²) in [5.41, 5.74) is 1.04. The topological polar surface area (TPSA) is 66.1 Å². The highest BCUT2D eigenvalue weighted by atomic mass is 32.1. The monoisotopic (exact) mass is 429 g/mol. The van der Waals surface area contributed by atoms with Crippen LogP contribution in [0.5, 0.6) is 0 Å². The van der Waals surface area contributed by atoms with Crippen LogP contribution in [-0.2, 0) is 12.8 Å². The highest BCUT2D eigenvalue weighted by Crippen LogP contribution is 2.34. The Bertz CT molecular complexity index is 1180. The lowest BCUT2D eigenvalue weighted by atomic mass is 9.95. The maximum atomic E-state index is 13.5. The Balaban J connectivity index is 1.44. The first kappa shape index (κ1) is 19.4. The van der Waals surface area contributed by atoms with Crippen LogP contribution in [0.4, 0.5) is 8.78 Å². The van der Waals surface area contributed by atoms with E-state index in [-0.39, 0.29) is 17.0 Å². The van der Waals surface area contributed by atoms with Gasteiger partial charge in [0.05, 0.1) is 5.39 Å². The third-order valence-electron chi connectivity index (χ3n) is 6.05. The second-order valence-corrected chi connectivity index (χ2v) is 9.17. The second-order valence-electron chi connectivity index (χ2n) is 8.09. The zero-order valence-corrected chi connectivity index (χ0v) is 17.2. The molecule has 3 aromatic rings. The average Bonchev–Trinajstić information content (AvgIpc) is 3.11. The third-order valence-corrected chi connectivity index (χ3v) is 7.23. The fraction of sp³-hybridized carbons (Fsp3) is 0.409. The van der Waals surface area contributed by atoms with Crippen molar-refractivity contribution in [3.8, 4) is 0 Å². The van der Waals surface area contributed by atoms with E-state index in [9.17, 15) is 18.4 Å². The number of nitrogens with zero attached hydrogens (tertiary/aromatic N) is 2. The number of aryl methyl sites for hydroxylation is 2. The number of rotatable bonds is 2. The Morgan fingerprint density at radius 1 is 1.13 bits per heavy atom. The van der Waals surface area contributed by atoms with Gasteiger partial charge in [0.1, 0.15) is 22.3 Å². The second kappa shape index (κ2) is 7.58. The van der Waals surface area contributed by atoms with Crippen LogP contribution in [0.3, 0.4) is 0 Å². The summed E-state index contributed by atoms with van der Waals surface area (Å²) in [5.74, 6) is -1.48. The standard InChI is InChI=1S/C22H21F2N3O2S/c23-14-8-13(9-15(24)10-14)22(29)27-7-3-4-12(11-27)19-25-20(28)18-16-5-1-2-6-17(16)30-21(18)26-19/h8-10,12H,1-7,11H2,(H,25,26,28). The van der Waals surface area contributed by atoms with Crippen LogP contribution in [0.25, 0.3) is 10.2 Å². The number of likely N-dealkylation sites (tertiary alicyclic amines) is 1. The number of carbonyl (C=O) groups is 1. The minimum absolute atomic E-state index is 0.00372. The number of hydrogen-bond donors (Lipinski definition) is 1. The van der Waals surface area contributed by atoms with E-state index in [2.05, 4.69) is 4.98 Å². The lowest BCUT2D eigenvalue weighted by Crippen LogP contribution is -2.40. The molecule has 156 valence electrons. The summed E-state index contributed by atoms with van der Waals surface area (Å²) in [6.07, 6.45) is 5.69. The van der Waals surface area contributed by atoms with Gasteiger partial charge in [-0.1, -0.05) is 0 Å². The summed E-state index contributed by atoms with van der Waals surface area (Å²) in [4.78, 5) is 37.0. The Morgan fingerprint density at radius 3 is 2.70 bits per heavy atom. The van der Waals surface area contributed by atoms with Crippen LogP contribution in [-0.4, -0.2) is 33.9 Å². The van der Waals surface area contributed by atoms with E-state index in [0.29, 0.717) is 18.9 Å². The van der Waals surface area contributed by atoms with E-state index in [1.807, 2.05) is 0 Å². The molecule has 5 rings (SSSR count). The number of amides is 1. The smallest absolute Gasteiger partial charge is 0.259 e. The predicted molar refractivity (Wildman–Crippen MR) is 111 cm³/mol. The highest BCUT2D eigenvalue weighted by Gasteiger charge is 2.29. The molecule has 1 amide bonds.